The van der Waals surface area contributed by atoms with Crippen molar-refractivity contribution in [2.24, 2.45) is 0 Å². The van der Waals surface area contributed by atoms with Crippen LogP contribution in [0, 0.1) is 0 Å². The molecule has 0 saturated heterocycles. The van der Waals surface area contributed by atoms with Gasteiger partial charge >= 0.3 is 0 Å². The highest BCUT2D eigenvalue weighted by molar-refractivity contribution is 5.44. The molecule has 0 atom stereocenters. The number of hydrogen-bond acceptors (Lipinski definition) is 2. The Labute approximate surface area is 160 Å². The second-order valence-electron chi connectivity index (χ2n) is 6.83. The quantitative estimate of drug-likeness (QED) is 0.210. The molecule has 0 amide bonds. The van der Waals surface area contributed by atoms with E-state index >= 15 is 0 Å². The number of allylic oxidation sites excluding steroid dienone is 6. The van der Waals surface area contributed by atoms with Gasteiger partial charge in [0, 0.05) is 0 Å². The Balaban J connectivity index is 1.94. The lowest BCUT2D eigenvalue weighted by atomic mass is 10.0. The van der Waals surface area contributed by atoms with Crippen LogP contribution in [0.3, 0.4) is 0 Å². The standard InChI is InChI=1S/C24H36O2/c1-2-3-4-5-6-7-8-9-10-11-12-13-14-15-16-17-19-22-20-18-21-23(25)24(22)26/h5-10,18,20-21,25-26H,2-4,11-17,19H2,1H3/b6-5+,8-7+,10-9+. The van der Waals surface area contributed by atoms with Crippen molar-refractivity contribution < 1.29 is 10.2 Å². The fourth-order valence-corrected chi connectivity index (χ4v) is 2.86. The number of hydrogen-bond donors (Lipinski definition) is 2. The smallest absolute Gasteiger partial charge is 0.160 e. The summed E-state index contributed by atoms with van der Waals surface area (Å²) in [5.74, 6) is 0.0303. The Hall–Kier alpha value is -1.96. The lowest BCUT2D eigenvalue weighted by Gasteiger charge is -2.06. The normalized spacial score (nSPS) is 12.0. The van der Waals surface area contributed by atoms with E-state index in [9.17, 15) is 10.2 Å². The highest BCUT2D eigenvalue weighted by atomic mass is 16.3. The summed E-state index contributed by atoms with van der Waals surface area (Å²) in [4.78, 5) is 0. The first kappa shape index (κ1) is 22.1. The van der Waals surface area contributed by atoms with Crippen molar-refractivity contribution in [3.8, 4) is 11.5 Å². The van der Waals surface area contributed by atoms with E-state index in [0.717, 1.165) is 24.8 Å². The average Bonchev–Trinajstić information content (AvgIpc) is 2.64. The molecule has 0 aliphatic rings. The van der Waals surface area contributed by atoms with Crippen LogP contribution in [0.2, 0.25) is 0 Å². The van der Waals surface area contributed by atoms with E-state index in [1.807, 2.05) is 6.07 Å². The maximum absolute atomic E-state index is 9.76. The van der Waals surface area contributed by atoms with Gasteiger partial charge in [0.2, 0.25) is 0 Å². The Bertz CT molecular complexity index is 555. The summed E-state index contributed by atoms with van der Waals surface area (Å²) < 4.78 is 0. The zero-order valence-corrected chi connectivity index (χ0v) is 16.4. The number of para-hydroxylation sites is 1. The van der Waals surface area contributed by atoms with Gasteiger partial charge < -0.3 is 10.2 Å². The van der Waals surface area contributed by atoms with Crippen molar-refractivity contribution in [2.75, 3.05) is 0 Å². The molecular formula is C24H36O2. The molecule has 26 heavy (non-hydrogen) atoms. The van der Waals surface area contributed by atoms with Crippen LogP contribution >= 0.6 is 0 Å². The summed E-state index contributed by atoms with van der Waals surface area (Å²) in [5.41, 5.74) is 0.850. The van der Waals surface area contributed by atoms with Crippen LogP contribution < -0.4 is 0 Å². The lowest BCUT2D eigenvalue weighted by molar-refractivity contribution is 0.398. The topological polar surface area (TPSA) is 40.5 Å². The Kier molecular flexibility index (Phi) is 13.0. The Morgan fingerprint density at radius 3 is 2.04 bits per heavy atom. The second kappa shape index (κ2) is 15.3. The van der Waals surface area contributed by atoms with Crippen LogP contribution in [0.5, 0.6) is 11.5 Å². The molecule has 1 rings (SSSR count). The highest BCUT2D eigenvalue weighted by Crippen LogP contribution is 2.29. The Morgan fingerprint density at radius 1 is 0.731 bits per heavy atom. The van der Waals surface area contributed by atoms with Crippen molar-refractivity contribution in [1.82, 2.24) is 0 Å². The fraction of sp³-hybridized carbons (Fsp3) is 0.500. The summed E-state index contributed by atoms with van der Waals surface area (Å²) in [6.07, 6.45) is 26.0. The van der Waals surface area contributed by atoms with Gasteiger partial charge in [0.25, 0.3) is 0 Å². The van der Waals surface area contributed by atoms with E-state index < -0.39 is 0 Å². The van der Waals surface area contributed by atoms with Gasteiger partial charge in [-0.15, -0.1) is 0 Å². The molecule has 2 heteroatoms. The molecule has 0 saturated carbocycles. The molecule has 0 bridgehead atoms. The van der Waals surface area contributed by atoms with Crippen LogP contribution in [0.1, 0.15) is 76.7 Å². The van der Waals surface area contributed by atoms with Gasteiger partial charge in [0.15, 0.2) is 11.5 Å². The molecule has 2 N–H and O–H groups in total. The third-order valence-corrected chi connectivity index (χ3v) is 4.50. The minimum absolute atomic E-state index is 0.0158. The molecule has 0 aliphatic heterocycles. The molecule has 0 fully saturated rings. The van der Waals surface area contributed by atoms with E-state index in [-0.39, 0.29) is 11.5 Å². The van der Waals surface area contributed by atoms with Crippen LogP contribution in [-0.2, 0) is 6.42 Å². The van der Waals surface area contributed by atoms with Crippen LogP contribution in [0.25, 0.3) is 0 Å². The van der Waals surface area contributed by atoms with Gasteiger partial charge in [-0.05, 0) is 43.7 Å². The van der Waals surface area contributed by atoms with Gasteiger partial charge in [-0.3, -0.25) is 0 Å². The zero-order chi connectivity index (χ0) is 18.9. The molecule has 144 valence electrons. The molecule has 0 aromatic heterocycles. The summed E-state index contributed by atoms with van der Waals surface area (Å²) in [5, 5.41) is 19.2. The first-order valence-corrected chi connectivity index (χ1v) is 10.2. The third-order valence-electron chi connectivity index (χ3n) is 4.50. The SMILES string of the molecule is CCCC/C=C/C=C/C=C/CCCCCCCCc1cccc(O)c1O. The largest absolute Gasteiger partial charge is 0.504 e. The predicted molar refractivity (Wildman–Crippen MR) is 113 cm³/mol. The van der Waals surface area contributed by atoms with Gasteiger partial charge in [0.1, 0.15) is 0 Å². The number of phenolic OH excluding ortho intramolecular Hbond substituents is 2. The van der Waals surface area contributed by atoms with Crippen molar-refractivity contribution in [2.45, 2.75) is 77.6 Å². The van der Waals surface area contributed by atoms with Crippen LogP contribution in [0.4, 0.5) is 0 Å². The highest BCUT2D eigenvalue weighted by Gasteiger charge is 2.04. The number of phenols is 2. The molecular weight excluding hydrogens is 320 g/mol. The summed E-state index contributed by atoms with van der Waals surface area (Å²) in [6, 6.07) is 5.19. The molecule has 0 spiro atoms. The van der Waals surface area contributed by atoms with E-state index in [4.69, 9.17) is 0 Å². The van der Waals surface area contributed by atoms with Gasteiger partial charge in [-0.25, -0.2) is 0 Å². The van der Waals surface area contributed by atoms with Gasteiger partial charge in [-0.2, -0.15) is 0 Å². The van der Waals surface area contributed by atoms with Crippen molar-refractivity contribution in [3.63, 3.8) is 0 Å². The van der Waals surface area contributed by atoms with Crippen molar-refractivity contribution in [3.05, 3.63) is 60.2 Å². The first-order chi connectivity index (χ1) is 12.8. The van der Waals surface area contributed by atoms with Gasteiger partial charge in [-0.1, -0.05) is 94.0 Å². The lowest BCUT2D eigenvalue weighted by Crippen LogP contribution is -1.87. The molecule has 1 aromatic carbocycles. The monoisotopic (exact) mass is 356 g/mol. The Morgan fingerprint density at radius 2 is 1.35 bits per heavy atom. The average molecular weight is 357 g/mol. The first-order valence-electron chi connectivity index (χ1n) is 10.2. The van der Waals surface area contributed by atoms with E-state index in [1.54, 1.807) is 6.07 Å². The zero-order valence-electron chi connectivity index (χ0n) is 16.4. The molecule has 2 nitrogen and oxygen atoms in total. The van der Waals surface area contributed by atoms with Crippen molar-refractivity contribution >= 4 is 0 Å². The van der Waals surface area contributed by atoms with Crippen molar-refractivity contribution in [1.29, 1.82) is 0 Å². The van der Waals surface area contributed by atoms with E-state index in [1.165, 1.54) is 57.4 Å². The van der Waals surface area contributed by atoms with Gasteiger partial charge in [0.05, 0.1) is 0 Å². The summed E-state index contributed by atoms with van der Waals surface area (Å²) in [7, 11) is 0. The number of benzene rings is 1. The number of aryl methyl sites for hydroxylation is 1. The minimum atomic E-state index is -0.0158. The summed E-state index contributed by atoms with van der Waals surface area (Å²) >= 11 is 0. The van der Waals surface area contributed by atoms with E-state index in [0.29, 0.717) is 0 Å². The minimum Gasteiger partial charge on any atom is -0.504 e. The van der Waals surface area contributed by atoms with Crippen LogP contribution in [-0.4, -0.2) is 10.2 Å². The third kappa shape index (κ3) is 10.8. The number of aromatic hydroxyl groups is 2. The predicted octanol–water partition coefficient (Wildman–Crippen LogP) is 7.23. The summed E-state index contributed by atoms with van der Waals surface area (Å²) in [6.45, 7) is 2.22. The molecule has 0 unspecified atom stereocenters. The number of rotatable bonds is 14. The van der Waals surface area contributed by atoms with E-state index in [2.05, 4.69) is 43.4 Å². The number of unbranched alkanes of at least 4 members (excludes halogenated alkanes) is 8. The molecule has 1 aromatic rings. The second-order valence-corrected chi connectivity index (χ2v) is 6.83. The molecule has 0 radical (unpaired) electrons. The molecule has 0 heterocycles. The fourth-order valence-electron chi connectivity index (χ4n) is 2.86. The molecule has 0 aliphatic carbocycles. The van der Waals surface area contributed by atoms with Crippen LogP contribution in [0.15, 0.2) is 54.7 Å². The maximum Gasteiger partial charge on any atom is 0.160 e. The maximum atomic E-state index is 9.76.